The van der Waals surface area contributed by atoms with Gasteiger partial charge >= 0.3 is 0 Å². The SMILES string of the molecule is Cc1ccc(C(=O)Nc2ccc3nc(Sc4ccc(/C=C(\C#N)c5nc6ccccc6[nH]5)cc4[N+](=O)[O-])sc3c2)cc1. The third-order valence-corrected chi connectivity index (χ3v) is 8.54. The number of carbonyl (C=O) groups is 1. The number of nitro benzene ring substituents is 1. The number of hydrogen-bond donors (Lipinski definition) is 2. The molecule has 0 radical (unpaired) electrons. The molecule has 42 heavy (non-hydrogen) atoms. The summed E-state index contributed by atoms with van der Waals surface area (Å²) in [5.74, 6) is 0.182. The van der Waals surface area contributed by atoms with Gasteiger partial charge in [0.2, 0.25) is 0 Å². The summed E-state index contributed by atoms with van der Waals surface area (Å²) < 4.78 is 1.46. The zero-order chi connectivity index (χ0) is 29.2. The normalized spacial score (nSPS) is 11.5. The summed E-state index contributed by atoms with van der Waals surface area (Å²) in [4.78, 5) is 36.8. The highest BCUT2D eigenvalue weighted by molar-refractivity contribution is 8.01. The van der Waals surface area contributed by atoms with E-state index in [0.717, 1.165) is 26.8 Å². The first-order valence-corrected chi connectivity index (χ1v) is 14.3. The minimum absolute atomic E-state index is 0.0963. The number of aromatic nitrogens is 3. The summed E-state index contributed by atoms with van der Waals surface area (Å²) in [7, 11) is 0. The fraction of sp³-hybridized carbons (Fsp3) is 0.0323. The van der Waals surface area contributed by atoms with E-state index in [0.29, 0.717) is 31.9 Å². The van der Waals surface area contributed by atoms with Crippen LogP contribution in [0.25, 0.3) is 32.9 Å². The second-order valence-corrected chi connectivity index (χ2v) is 11.7. The zero-order valence-electron chi connectivity index (χ0n) is 22.0. The first kappa shape index (κ1) is 26.9. The number of nitriles is 1. The average Bonchev–Trinajstić information content (AvgIpc) is 3.60. The number of nitro groups is 1. The lowest BCUT2D eigenvalue weighted by molar-refractivity contribution is -0.387. The molecule has 6 rings (SSSR count). The van der Waals surface area contributed by atoms with Crippen molar-refractivity contribution in [1.82, 2.24) is 15.0 Å². The minimum atomic E-state index is -0.445. The molecule has 4 aromatic carbocycles. The first-order valence-electron chi connectivity index (χ1n) is 12.7. The van der Waals surface area contributed by atoms with E-state index >= 15 is 0 Å². The number of benzene rings is 4. The summed E-state index contributed by atoms with van der Waals surface area (Å²) in [5, 5.41) is 24.7. The molecule has 2 heterocycles. The van der Waals surface area contributed by atoms with Crippen LogP contribution in [0.1, 0.15) is 27.3 Å². The molecule has 0 bridgehead atoms. The number of para-hydroxylation sites is 2. The Morgan fingerprint density at radius 2 is 1.86 bits per heavy atom. The summed E-state index contributed by atoms with van der Waals surface area (Å²) in [6.45, 7) is 1.96. The highest BCUT2D eigenvalue weighted by atomic mass is 32.2. The van der Waals surface area contributed by atoms with Crippen LogP contribution in [0.5, 0.6) is 0 Å². The lowest BCUT2D eigenvalue weighted by Gasteiger charge is -2.05. The number of amides is 1. The van der Waals surface area contributed by atoms with E-state index in [1.54, 1.807) is 36.4 Å². The summed E-state index contributed by atoms with van der Waals surface area (Å²) in [6.07, 6.45) is 1.57. The Kier molecular flexibility index (Phi) is 7.23. The van der Waals surface area contributed by atoms with Gasteiger partial charge in [-0.1, -0.05) is 47.7 Å². The standard InChI is InChI=1S/C31H20N6O3S2/c1-18-6-9-20(10-7-18)30(38)33-22-11-12-25-28(16-22)42-31(36-25)41-27-13-8-19(15-26(27)37(39)40)14-21(17-32)29-34-23-4-2-3-5-24(23)35-29/h2-16H,1H3,(H,33,38)(H,34,35)/b21-14+. The molecule has 0 atom stereocenters. The molecule has 2 aromatic heterocycles. The van der Waals surface area contributed by atoms with Gasteiger partial charge < -0.3 is 10.3 Å². The van der Waals surface area contributed by atoms with Crippen molar-refractivity contribution in [3.05, 3.63) is 118 Å². The lowest BCUT2D eigenvalue weighted by Crippen LogP contribution is -2.11. The maximum atomic E-state index is 12.6. The second kappa shape index (κ2) is 11.3. The van der Waals surface area contributed by atoms with Gasteiger partial charge in [0.25, 0.3) is 11.6 Å². The van der Waals surface area contributed by atoms with Crippen LogP contribution >= 0.6 is 23.1 Å². The number of imidazole rings is 1. The number of aromatic amines is 1. The third-order valence-electron chi connectivity index (χ3n) is 6.39. The quantitative estimate of drug-likeness (QED) is 0.110. The maximum Gasteiger partial charge on any atom is 0.283 e. The van der Waals surface area contributed by atoms with Crippen LogP contribution in [0.2, 0.25) is 0 Å². The molecule has 2 N–H and O–H groups in total. The molecule has 0 unspecified atom stereocenters. The highest BCUT2D eigenvalue weighted by Crippen LogP contribution is 2.40. The number of fused-ring (bicyclic) bond motifs is 2. The Hall–Kier alpha value is -5.31. The topological polar surface area (TPSA) is 138 Å². The lowest BCUT2D eigenvalue weighted by atomic mass is 10.1. The van der Waals surface area contributed by atoms with Crippen molar-refractivity contribution >= 4 is 73.3 Å². The van der Waals surface area contributed by atoms with E-state index in [1.165, 1.54) is 29.2 Å². The first-order chi connectivity index (χ1) is 20.4. The van der Waals surface area contributed by atoms with Gasteiger partial charge in [0.1, 0.15) is 11.9 Å². The molecule has 6 aromatic rings. The Morgan fingerprint density at radius 3 is 2.62 bits per heavy atom. The van der Waals surface area contributed by atoms with Crippen LogP contribution in [-0.2, 0) is 0 Å². The Bertz CT molecular complexity index is 2040. The second-order valence-electron chi connectivity index (χ2n) is 9.34. The van der Waals surface area contributed by atoms with Crippen molar-refractivity contribution in [3.8, 4) is 6.07 Å². The molecule has 0 spiro atoms. The van der Waals surface area contributed by atoms with Crippen LogP contribution in [-0.4, -0.2) is 25.8 Å². The third kappa shape index (κ3) is 5.62. The molecule has 1 amide bonds. The molecule has 0 fully saturated rings. The number of allylic oxidation sites excluding steroid dienone is 1. The molecule has 9 nitrogen and oxygen atoms in total. The van der Waals surface area contributed by atoms with E-state index in [-0.39, 0.29) is 17.2 Å². The molecule has 0 aliphatic heterocycles. The number of nitrogens with one attached hydrogen (secondary N) is 2. The largest absolute Gasteiger partial charge is 0.337 e. The number of anilines is 1. The van der Waals surface area contributed by atoms with Crippen molar-refractivity contribution in [2.45, 2.75) is 16.2 Å². The molecular weight excluding hydrogens is 569 g/mol. The molecule has 0 aliphatic rings. The van der Waals surface area contributed by atoms with Gasteiger partial charge in [0.15, 0.2) is 4.34 Å². The van der Waals surface area contributed by atoms with Crippen molar-refractivity contribution in [2.24, 2.45) is 0 Å². The van der Waals surface area contributed by atoms with E-state index in [9.17, 15) is 20.2 Å². The smallest absolute Gasteiger partial charge is 0.283 e. The summed E-state index contributed by atoms with van der Waals surface area (Å²) in [6, 6.07) is 27.1. The molecule has 0 saturated carbocycles. The monoisotopic (exact) mass is 588 g/mol. The molecule has 204 valence electrons. The van der Waals surface area contributed by atoms with Crippen molar-refractivity contribution in [3.63, 3.8) is 0 Å². The van der Waals surface area contributed by atoms with Crippen molar-refractivity contribution < 1.29 is 9.72 Å². The maximum absolute atomic E-state index is 12.6. The highest BCUT2D eigenvalue weighted by Gasteiger charge is 2.18. The van der Waals surface area contributed by atoms with Crippen LogP contribution in [0.3, 0.4) is 0 Å². The van der Waals surface area contributed by atoms with Crippen LogP contribution < -0.4 is 5.32 Å². The number of nitrogens with zero attached hydrogens (tertiary/aromatic N) is 4. The van der Waals surface area contributed by atoms with Gasteiger partial charge in [-0.05, 0) is 67.1 Å². The van der Waals surface area contributed by atoms with E-state index in [2.05, 4.69) is 26.3 Å². The average molecular weight is 589 g/mol. The fourth-order valence-corrected chi connectivity index (χ4v) is 6.43. The van der Waals surface area contributed by atoms with Gasteiger partial charge in [-0.25, -0.2) is 9.97 Å². The van der Waals surface area contributed by atoms with Gasteiger partial charge in [0.05, 0.1) is 36.6 Å². The number of aryl methyl sites for hydroxylation is 1. The number of hydrogen-bond acceptors (Lipinski definition) is 8. The van der Waals surface area contributed by atoms with E-state index in [1.807, 2.05) is 55.5 Å². The Morgan fingerprint density at radius 1 is 1.05 bits per heavy atom. The Balaban J connectivity index is 1.24. The predicted molar refractivity (Wildman–Crippen MR) is 166 cm³/mol. The van der Waals surface area contributed by atoms with Crippen molar-refractivity contribution in [1.29, 1.82) is 5.26 Å². The number of thiazole rings is 1. The summed E-state index contributed by atoms with van der Waals surface area (Å²) >= 11 is 2.57. The Labute approximate surface area is 247 Å². The van der Waals surface area contributed by atoms with Crippen LogP contribution in [0.15, 0.2) is 94.2 Å². The number of rotatable bonds is 7. The van der Waals surface area contributed by atoms with Gasteiger partial charge in [0, 0.05) is 17.3 Å². The predicted octanol–water partition coefficient (Wildman–Crippen LogP) is 7.86. The van der Waals surface area contributed by atoms with E-state index in [4.69, 9.17) is 0 Å². The molecule has 11 heteroatoms. The number of carbonyl (C=O) groups excluding carboxylic acids is 1. The summed E-state index contributed by atoms with van der Waals surface area (Å²) in [5.41, 5.74) is 5.18. The minimum Gasteiger partial charge on any atom is -0.337 e. The number of H-pyrrole nitrogens is 1. The fourth-order valence-electron chi connectivity index (χ4n) is 4.28. The molecule has 0 saturated heterocycles. The van der Waals surface area contributed by atoms with Gasteiger partial charge in [-0.2, -0.15) is 5.26 Å². The van der Waals surface area contributed by atoms with Gasteiger partial charge in [-0.15, -0.1) is 11.3 Å². The van der Waals surface area contributed by atoms with Crippen LogP contribution in [0, 0.1) is 28.4 Å². The van der Waals surface area contributed by atoms with Crippen LogP contribution in [0.4, 0.5) is 11.4 Å². The molecule has 0 aliphatic carbocycles. The molecular formula is C31H20N6O3S2. The zero-order valence-corrected chi connectivity index (χ0v) is 23.6. The van der Waals surface area contributed by atoms with Gasteiger partial charge in [-0.3, -0.25) is 14.9 Å². The van der Waals surface area contributed by atoms with E-state index < -0.39 is 4.92 Å². The van der Waals surface area contributed by atoms with Crippen molar-refractivity contribution in [2.75, 3.05) is 5.32 Å².